The third kappa shape index (κ3) is 5.56. The van der Waals surface area contributed by atoms with Gasteiger partial charge in [0.2, 0.25) is 5.91 Å². The van der Waals surface area contributed by atoms with Crippen LogP contribution in [-0.4, -0.2) is 24.9 Å². The minimum Gasteiger partial charge on any atom is -0.349 e. The van der Waals surface area contributed by atoms with Gasteiger partial charge in [0.25, 0.3) is 0 Å². The highest BCUT2D eigenvalue weighted by Gasteiger charge is 2.42. The highest BCUT2D eigenvalue weighted by molar-refractivity contribution is 5.79. The molecule has 0 aliphatic heterocycles. The molecule has 0 aliphatic carbocycles. The van der Waals surface area contributed by atoms with E-state index in [2.05, 4.69) is 41.5 Å². The van der Waals surface area contributed by atoms with Gasteiger partial charge in [0.05, 0.1) is 0 Å². The lowest BCUT2D eigenvalue weighted by atomic mass is 9.64. The highest BCUT2D eigenvalue weighted by Crippen LogP contribution is 2.43. The summed E-state index contributed by atoms with van der Waals surface area (Å²) in [7, 11) is 3.68. The molecule has 0 saturated carbocycles. The van der Waals surface area contributed by atoms with E-state index in [1.165, 1.54) is 0 Å². The molecule has 0 spiro atoms. The topological polar surface area (TPSA) is 20.3 Å². The molecule has 0 aromatic rings. The number of carbonyl (C=O) groups excluding carboxylic acids is 1. The van der Waals surface area contributed by atoms with E-state index in [0.29, 0.717) is 0 Å². The minimum absolute atomic E-state index is 0.0147. The van der Waals surface area contributed by atoms with E-state index in [1.807, 2.05) is 27.9 Å². The fourth-order valence-corrected chi connectivity index (χ4v) is 2.34. The first kappa shape index (κ1) is 18.8. The molecule has 2 heteroatoms. The fourth-order valence-electron chi connectivity index (χ4n) is 2.34. The lowest BCUT2D eigenvalue weighted by Gasteiger charge is -2.42. The lowest BCUT2D eigenvalue weighted by molar-refractivity contribution is -0.142. The number of hydrogen-bond acceptors (Lipinski definition) is 1. The zero-order valence-electron chi connectivity index (χ0n) is 13.6. The molecular formula is C15H33NO. The molecule has 104 valence electrons. The molecule has 0 bridgehead atoms. The van der Waals surface area contributed by atoms with Gasteiger partial charge in [-0.2, -0.15) is 0 Å². The van der Waals surface area contributed by atoms with Crippen LogP contribution >= 0.6 is 0 Å². The van der Waals surface area contributed by atoms with Gasteiger partial charge in [-0.3, -0.25) is 4.79 Å². The van der Waals surface area contributed by atoms with Crippen molar-refractivity contribution in [2.75, 3.05) is 14.1 Å². The van der Waals surface area contributed by atoms with Crippen molar-refractivity contribution in [3.63, 3.8) is 0 Å². The quantitative estimate of drug-likeness (QED) is 0.727. The average molecular weight is 243 g/mol. The van der Waals surface area contributed by atoms with Crippen molar-refractivity contribution in [3.8, 4) is 0 Å². The summed E-state index contributed by atoms with van der Waals surface area (Å²) >= 11 is 0. The van der Waals surface area contributed by atoms with Crippen LogP contribution in [0.5, 0.6) is 0 Å². The van der Waals surface area contributed by atoms with E-state index in [0.717, 1.165) is 6.42 Å². The fraction of sp³-hybridized carbons (Fsp3) is 0.933. The molecule has 0 saturated heterocycles. The number of nitrogens with zero attached hydrogens (tertiary/aromatic N) is 1. The Morgan fingerprint density at radius 1 is 1.06 bits per heavy atom. The molecule has 1 atom stereocenters. The molecule has 0 fully saturated rings. The van der Waals surface area contributed by atoms with Gasteiger partial charge in [0.15, 0.2) is 0 Å². The Morgan fingerprint density at radius 2 is 1.41 bits per heavy atom. The van der Waals surface area contributed by atoms with Gasteiger partial charge >= 0.3 is 0 Å². The Hall–Kier alpha value is -0.530. The van der Waals surface area contributed by atoms with Gasteiger partial charge in [-0.15, -0.1) is 0 Å². The smallest absolute Gasteiger partial charge is 0.226 e. The van der Waals surface area contributed by atoms with Crippen molar-refractivity contribution in [1.29, 1.82) is 0 Å². The van der Waals surface area contributed by atoms with Gasteiger partial charge in [-0.25, -0.2) is 0 Å². The van der Waals surface area contributed by atoms with Crippen LogP contribution < -0.4 is 0 Å². The van der Waals surface area contributed by atoms with Crippen LogP contribution in [0.3, 0.4) is 0 Å². The third-order valence-electron chi connectivity index (χ3n) is 3.25. The van der Waals surface area contributed by atoms with Crippen molar-refractivity contribution in [2.45, 2.75) is 61.8 Å². The van der Waals surface area contributed by atoms with Crippen LogP contribution in [0.2, 0.25) is 0 Å². The van der Waals surface area contributed by atoms with Crippen molar-refractivity contribution in [1.82, 2.24) is 4.90 Å². The summed E-state index contributed by atoms with van der Waals surface area (Å²) in [6, 6.07) is 0. The molecule has 0 N–H and O–H groups in total. The predicted molar refractivity (Wildman–Crippen MR) is 77.1 cm³/mol. The molecule has 1 amide bonds. The van der Waals surface area contributed by atoms with Gasteiger partial charge in [-0.05, 0) is 10.8 Å². The molecule has 0 rings (SSSR count). The monoisotopic (exact) mass is 243 g/mol. The lowest BCUT2D eigenvalue weighted by Crippen LogP contribution is -2.45. The first-order valence-electron chi connectivity index (χ1n) is 6.75. The number of carbonyl (C=O) groups is 1. The van der Waals surface area contributed by atoms with Crippen LogP contribution in [0.15, 0.2) is 0 Å². The van der Waals surface area contributed by atoms with Crippen molar-refractivity contribution in [2.24, 2.45) is 16.7 Å². The SMILES string of the molecule is CC.CCC(C)(C)C(C(=O)N(C)C)C(C)(C)C. The molecule has 17 heavy (non-hydrogen) atoms. The van der Waals surface area contributed by atoms with E-state index < -0.39 is 0 Å². The zero-order valence-corrected chi connectivity index (χ0v) is 13.6. The Balaban J connectivity index is 0. The van der Waals surface area contributed by atoms with Crippen LogP contribution in [0.1, 0.15) is 61.8 Å². The molecule has 0 heterocycles. The summed E-state index contributed by atoms with van der Waals surface area (Å²) in [4.78, 5) is 13.9. The van der Waals surface area contributed by atoms with E-state index >= 15 is 0 Å². The highest BCUT2D eigenvalue weighted by atomic mass is 16.2. The standard InChI is InChI=1S/C13H27NO.C2H6/c1-9-13(5,6)10(12(2,3)4)11(15)14(7)8;1-2/h10H,9H2,1-8H3;1-2H3. The molecule has 0 radical (unpaired) electrons. The van der Waals surface area contributed by atoms with Gasteiger partial charge < -0.3 is 4.90 Å². The van der Waals surface area contributed by atoms with E-state index in [1.54, 1.807) is 4.90 Å². The summed E-state index contributed by atoms with van der Waals surface area (Å²) < 4.78 is 0. The third-order valence-corrected chi connectivity index (χ3v) is 3.25. The zero-order chi connectivity index (χ0) is 14.4. The number of hydrogen-bond donors (Lipinski definition) is 0. The van der Waals surface area contributed by atoms with E-state index in [4.69, 9.17) is 0 Å². The van der Waals surface area contributed by atoms with Gasteiger partial charge in [-0.1, -0.05) is 61.8 Å². The van der Waals surface area contributed by atoms with Crippen molar-refractivity contribution < 1.29 is 4.79 Å². The van der Waals surface area contributed by atoms with Crippen LogP contribution in [0.25, 0.3) is 0 Å². The maximum Gasteiger partial charge on any atom is 0.226 e. The summed E-state index contributed by atoms with van der Waals surface area (Å²) in [5, 5.41) is 0. The molecule has 0 aromatic heterocycles. The van der Waals surface area contributed by atoms with E-state index in [9.17, 15) is 4.79 Å². The molecule has 0 aliphatic rings. The largest absolute Gasteiger partial charge is 0.349 e. The first-order valence-corrected chi connectivity index (χ1v) is 6.75. The Kier molecular flexibility index (Phi) is 7.78. The molecular weight excluding hydrogens is 210 g/mol. The summed E-state index contributed by atoms with van der Waals surface area (Å²) in [6.07, 6.45) is 1.02. The Morgan fingerprint density at radius 3 is 1.59 bits per heavy atom. The average Bonchev–Trinajstić information content (AvgIpc) is 2.18. The first-order chi connectivity index (χ1) is 7.54. The van der Waals surface area contributed by atoms with Gasteiger partial charge in [0, 0.05) is 20.0 Å². The normalized spacial score (nSPS) is 13.5. The summed E-state index contributed by atoms with van der Waals surface area (Å²) in [5.74, 6) is 0.319. The second kappa shape index (κ2) is 7.03. The Bertz CT molecular complexity index is 224. The van der Waals surface area contributed by atoms with Crippen LogP contribution in [-0.2, 0) is 4.79 Å². The predicted octanol–water partition coefficient (Wildman–Crippen LogP) is 4.20. The molecule has 2 nitrogen and oxygen atoms in total. The van der Waals surface area contributed by atoms with Crippen molar-refractivity contribution in [3.05, 3.63) is 0 Å². The van der Waals surface area contributed by atoms with Crippen LogP contribution in [0.4, 0.5) is 0 Å². The number of rotatable bonds is 3. The molecule has 0 aromatic carbocycles. The Labute approximate surface area is 109 Å². The van der Waals surface area contributed by atoms with Gasteiger partial charge in [0.1, 0.15) is 0 Å². The summed E-state index contributed by atoms with van der Waals surface area (Å²) in [6.45, 7) is 17.0. The van der Waals surface area contributed by atoms with Crippen molar-refractivity contribution >= 4 is 5.91 Å². The molecule has 1 unspecified atom stereocenters. The summed E-state index contributed by atoms with van der Waals surface area (Å²) in [5.41, 5.74) is 0.0699. The van der Waals surface area contributed by atoms with E-state index in [-0.39, 0.29) is 22.7 Å². The second-order valence-electron chi connectivity index (χ2n) is 6.37. The van der Waals surface area contributed by atoms with Crippen LogP contribution in [0, 0.1) is 16.7 Å². The maximum absolute atomic E-state index is 12.2. The minimum atomic E-state index is 0.0147. The second-order valence-corrected chi connectivity index (χ2v) is 6.37. The maximum atomic E-state index is 12.2. The number of amides is 1.